The molecule has 21 heavy (non-hydrogen) atoms. The summed E-state index contributed by atoms with van der Waals surface area (Å²) in [5, 5.41) is 3.79. The lowest BCUT2D eigenvalue weighted by molar-refractivity contribution is 0.214. The normalized spacial score (nSPS) is 20.5. The van der Waals surface area contributed by atoms with E-state index in [1.807, 2.05) is 6.07 Å². The summed E-state index contributed by atoms with van der Waals surface area (Å²) >= 11 is 0. The Balaban J connectivity index is 1.98. The zero-order valence-electron chi connectivity index (χ0n) is 13.0. The van der Waals surface area contributed by atoms with Gasteiger partial charge in [-0.2, -0.15) is 0 Å². The van der Waals surface area contributed by atoms with Crippen LogP contribution in [0.25, 0.3) is 0 Å². The van der Waals surface area contributed by atoms with Crippen LogP contribution in [0.1, 0.15) is 36.6 Å². The highest BCUT2D eigenvalue weighted by Crippen LogP contribution is 2.38. The predicted octanol–water partition coefficient (Wildman–Crippen LogP) is 4.74. The molecule has 0 fully saturated rings. The van der Waals surface area contributed by atoms with Gasteiger partial charge in [0.25, 0.3) is 0 Å². The molecule has 1 heterocycles. The molecule has 0 radical (unpaired) electrons. The topological polar surface area (TPSA) is 21.3 Å². The van der Waals surface area contributed by atoms with Gasteiger partial charge in [-0.1, -0.05) is 50.2 Å². The van der Waals surface area contributed by atoms with E-state index in [9.17, 15) is 0 Å². The van der Waals surface area contributed by atoms with E-state index in [1.165, 1.54) is 22.4 Å². The quantitative estimate of drug-likeness (QED) is 0.877. The maximum Gasteiger partial charge on any atom is 0.124 e. The first-order valence-electron chi connectivity index (χ1n) is 7.77. The fraction of sp³-hybridized carbons (Fsp3) is 0.368. The standard InChI is InChI=1S/C19H23NO/c1-4-15-9-7-8-13(2)18(15)20-19-14(3)12-21-17-11-6-5-10-16(17)19/h5-11,14,19-20H,4,12H2,1-3H3. The molecule has 1 aliphatic heterocycles. The van der Waals surface area contributed by atoms with Crippen molar-refractivity contribution in [2.24, 2.45) is 5.92 Å². The number of benzene rings is 2. The Bertz CT molecular complexity index is 635. The van der Waals surface area contributed by atoms with Crippen LogP contribution in [-0.4, -0.2) is 6.61 Å². The lowest BCUT2D eigenvalue weighted by Crippen LogP contribution is -2.29. The molecule has 2 aromatic carbocycles. The molecular formula is C19H23NO. The minimum atomic E-state index is 0.307. The molecule has 0 saturated heterocycles. The van der Waals surface area contributed by atoms with E-state index in [0.717, 1.165) is 18.8 Å². The van der Waals surface area contributed by atoms with Crippen LogP contribution < -0.4 is 10.1 Å². The van der Waals surface area contributed by atoms with Gasteiger partial charge in [0.1, 0.15) is 5.75 Å². The van der Waals surface area contributed by atoms with Gasteiger partial charge in [-0.25, -0.2) is 0 Å². The predicted molar refractivity (Wildman–Crippen MR) is 88.0 cm³/mol. The van der Waals surface area contributed by atoms with Crippen molar-refractivity contribution in [3.05, 3.63) is 59.2 Å². The molecule has 2 aromatic rings. The van der Waals surface area contributed by atoms with Crippen molar-refractivity contribution in [3.63, 3.8) is 0 Å². The maximum absolute atomic E-state index is 5.85. The van der Waals surface area contributed by atoms with E-state index in [0.29, 0.717) is 12.0 Å². The molecule has 2 atom stereocenters. The Morgan fingerprint density at radius 3 is 2.76 bits per heavy atom. The molecule has 0 saturated carbocycles. The van der Waals surface area contributed by atoms with Crippen LogP contribution in [0.4, 0.5) is 5.69 Å². The monoisotopic (exact) mass is 281 g/mol. The van der Waals surface area contributed by atoms with Gasteiger partial charge in [-0.05, 0) is 30.5 Å². The smallest absolute Gasteiger partial charge is 0.124 e. The van der Waals surface area contributed by atoms with Crippen molar-refractivity contribution >= 4 is 5.69 Å². The minimum Gasteiger partial charge on any atom is -0.493 e. The third kappa shape index (κ3) is 2.63. The number of fused-ring (bicyclic) bond motifs is 1. The molecule has 2 nitrogen and oxygen atoms in total. The summed E-state index contributed by atoms with van der Waals surface area (Å²) in [4.78, 5) is 0. The molecule has 3 rings (SSSR count). The summed E-state index contributed by atoms with van der Waals surface area (Å²) in [6.45, 7) is 7.40. The fourth-order valence-electron chi connectivity index (χ4n) is 3.10. The molecule has 1 aliphatic rings. The summed E-state index contributed by atoms with van der Waals surface area (Å²) in [6, 6.07) is 15.2. The van der Waals surface area contributed by atoms with E-state index in [-0.39, 0.29) is 0 Å². The molecule has 0 aromatic heterocycles. The van der Waals surface area contributed by atoms with Crippen molar-refractivity contribution in [3.8, 4) is 5.75 Å². The summed E-state index contributed by atoms with van der Waals surface area (Å²) in [5.74, 6) is 1.46. The molecule has 110 valence electrons. The van der Waals surface area contributed by atoms with Crippen molar-refractivity contribution in [1.82, 2.24) is 0 Å². The molecule has 2 unspecified atom stereocenters. The summed E-state index contributed by atoms with van der Waals surface area (Å²) < 4.78 is 5.85. The Hall–Kier alpha value is -1.96. The third-order valence-corrected chi connectivity index (χ3v) is 4.36. The molecule has 0 spiro atoms. The average molecular weight is 281 g/mol. The van der Waals surface area contributed by atoms with Gasteiger partial charge in [-0.3, -0.25) is 0 Å². The lowest BCUT2D eigenvalue weighted by Gasteiger charge is -2.33. The molecule has 0 aliphatic carbocycles. The largest absolute Gasteiger partial charge is 0.493 e. The first kappa shape index (κ1) is 14.0. The minimum absolute atomic E-state index is 0.307. The van der Waals surface area contributed by atoms with E-state index in [1.54, 1.807) is 0 Å². The number of rotatable bonds is 3. The van der Waals surface area contributed by atoms with Gasteiger partial charge in [0.15, 0.2) is 0 Å². The number of ether oxygens (including phenoxy) is 1. The molecule has 0 bridgehead atoms. The van der Waals surface area contributed by atoms with Crippen LogP contribution in [-0.2, 0) is 6.42 Å². The molecule has 2 heteroatoms. The zero-order chi connectivity index (χ0) is 14.8. The van der Waals surface area contributed by atoms with E-state index >= 15 is 0 Å². The maximum atomic E-state index is 5.85. The summed E-state index contributed by atoms with van der Waals surface area (Å²) in [6.07, 6.45) is 1.04. The lowest BCUT2D eigenvalue weighted by atomic mass is 9.91. The van der Waals surface area contributed by atoms with Crippen LogP contribution in [0.3, 0.4) is 0 Å². The SMILES string of the molecule is CCc1cccc(C)c1NC1c2ccccc2OCC1C. The second-order valence-corrected chi connectivity index (χ2v) is 5.91. The van der Waals surface area contributed by atoms with Crippen LogP contribution in [0, 0.1) is 12.8 Å². The van der Waals surface area contributed by atoms with E-state index < -0.39 is 0 Å². The number of aryl methyl sites for hydroxylation is 2. The van der Waals surface area contributed by atoms with Crippen LogP contribution in [0.5, 0.6) is 5.75 Å². The number of para-hydroxylation sites is 2. The second-order valence-electron chi connectivity index (χ2n) is 5.91. The second kappa shape index (κ2) is 5.80. The molecule has 1 N–H and O–H groups in total. The van der Waals surface area contributed by atoms with Crippen LogP contribution >= 0.6 is 0 Å². The van der Waals surface area contributed by atoms with Gasteiger partial charge in [0.05, 0.1) is 12.6 Å². The number of nitrogens with one attached hydrogen (secondary N) is 1. The summed E-state index contributed by atoms with van der Waals surface area (Å²) in [7, 11) is 0. The number of anilines is 1. The van der Waals surface area contributed by atoms with Crippen molar-refractivity contribution in [2.75, 3.05) is 11.9 Å². The highest BCUT2D eigenvalue weighted by molar-refractivity contribution is 5.59. The Morgan fingerprint density at radius 1 is 1.14 bits per heavy atom. The van der Waals surface area contributed by atoms with Gasteiger partial charge in [0.2, 0.25) is 0 Å². The van der Waals surface area contributed by atoms with Crippen LogP contribution in [0.15, 0.2) is 42.5 Å². The number of hydrogen-bond acceptors (Lipinski definition) is 2. The van der Waals surface area contributed by atoms with Gasteiger partial charge < -0.3 is 10.1 Å². The third-order valence-electron chi connectivity index (χ3n) is 4.36. The molecule has 0 amide bonds. The molecular weight excluding hydrogens is 258 g/mol. The zero-order valence-corrected chi connectivity index (χ0v) is 13.0. The Labute approximate surface area is 127 Å². The summed E-state index contributed by atoms with van der Waals surface area (Å²) in [5.41, 5.74) is 5.24. The Morgan fingerprint density at radius 2 is 1.95 bits per heavy atom. The Kier molecular flexibility index (Phi) is 3.87. The first-order chi connectivity index (χ1) is 10.2. The van der Waals surface area contributed by atoms with Crippen molar-refractivity contribution < 1.29 is 4.74 Å². The first-order valence-corrected chi connectivity index (χ1v) is 7.77. The van der Waals surface area contributed by atoms with Crippen molar-refractivity contribution in [1.29, 1.82) is 0 Å². The van der Waals surface area contributed by atoms with Gasteiger partial charge in [0, 0.05) is 17.2 Å². The van der Waals surface area contributed by atoms with Crippen molar-refractivity contribution in [2.45, 2.75) is 33.2 Å². The highest BCUT2D eigenvalue weighted by Gasteiger charge is 2.28. The van der Waals surface area contributed by atoms with E-state index in [4.69, 9.17) is 4.74 Å². The fourth-order valence-corrected chi connectivity index (χ4v) is 3.10. The number of hydrogen-bond donors (Lipinski definition) is 1. The van der Waals surface area contributed by atoms with E-state index in [2.05, 4.69) is 62.5 Å². The van der Waals surface area contributed by atoms with Gasteiger partial charge >= 0.3 is 0 Å². The average Bonchev–Trinajstić information content (AvgIpc) is 2.51. The van der Waals surface area contributed by atoms with Gasteiger partial charge in [-0.15, -0.1) is 0 Å². The van der Waals surface area contributed by atoms with Crippen LogP contribution in [0.2, 0.25) is 0 Å². The highest BCUT2D eigenvalue weighted by atomic mass is 16.5.